The normalized spacial score (nSPS) is 12.0. The van der Waals surface area contributed by atoms with Crippen LogP contribution in [0.4, 0.5) is 5.69 Å². The van der Waals surface area contributed by atoms with E-state index in [0.29, 0.717) is 17.9 Å². The van der Waals surface area contributed by atoms with Gasteiger partial charge in [0.1, 0.15) is 6.61 Å². The van der Waals surface area contributed by atoms with E-state index in [2.05, 4.69) is 25.7 Å². The second-order valence-corrected chi connectivity index (χ2v) is 6.98. The second-order valence-electron chi connectivity index (χ2n) is 6.98. The van der Waals surface area contributed by atoms with Crippen molar-refractivity contribution in [2.75, 3.05) is 25.4 Å². The van der Waals surface area contributed by atoms with Crippen molar-refractivity contribution in [3.05, 3.63) is 42.0 Å². The molecule has 2 N–H and O–H groups in total. The molecule has 0 bridgehead atoms. The monoisotopic (exact) mass is 392 g/mol. The maximum absolute atomic E-state index is 12.7. The first-order chi connectivity index (χ1) is 12.6. The minimum atomic E-state index is -0.300. The number of unbranched alkanes of at least 4 members (excludes halogenated alkanes) is 2. The maximum atomic E-state index is 12.7. The molecule has 0 radical (unpaired) electrons. The Bertz CT molecular complexity index is 713. The van der Waals surface area contributed by atoms with Gasteiger partial charge in [-0.25, -0.2) is 4.79 Å². The van der Waals surface area contributed by atoms with Gasteiger partial charge < -0.3 is 10.5 Å². The van der Waals surface area contributed by atoms with Crippen LogP contribution in [0.25, 0.3) is 10.8 Å². The Morgan fingerprint density at radius 1 is 1.11 bits per heavy atom. The highest BCUT2D eigenvalue weighted by Gasteiger charge is 2.17. The molecule has 0 aliphatic carbocycles. The number of anilines is 1. The number of rotatable bonds is 10. The average molecular weight is 393 g/mol. The van der Waals surface area contributed by atoms with Crippen LogP contribution in [-0.2, 0) is 4.74 Å². The van der Waals surface area contributed by atoms with Crippen LogP contribution < -0.4 is 5.73 Å². The molecular weight excluding hydrogens is 360 g/mol. The van der Waals surface area contributed by atoms with Crippen molar-refractivity contribution in [1.82, 2.24) is 4.90 Å². The van der Waals surface area contributed by atoms with Crippen molar-refractivity contribution >= 4 is 34.8 Å². The topological polar surface area (TPSA) is 55.6 Å². The van der Waals surface area contributed by atoms with E-state index in [4.69, 9.17) is 10.5 Å². The fraction of sp³-hybridized carbons (Fsp3) is 0.500. The summed E-state index contributed by atoms with van der Waals surface area (Å²) in [6, 6.07) is 11.6. The smallest absolute Gasteiger partial charge is 0.338 e. The van der Waals surface area contributed by atoms with Crippen LogP contribution in [0.1, 0.15) is 56.8 Å². The zero-order valence-electron chi connectivity index (χ0n) is 16.7. The van der Waals surface area contributed by atoms with Crippen LogP contribution in [0.2, 0.25) is 0 Å². The van der Waals surface area contributed by atoms with Gasteiger partial charge in [-0.15, -0.1) is 12.4 Å². The summed E-state index contributed by atoms with van der Waals surface area (Å²) in [5, 5.41) is 1.84. The molecule has 0 amide bonds. The lowest BCUT2D eigenvalue weighted by molar-refractivity contribution is 0.0369. The van der Waals surface area contributed by atoms with Crippen molar-refractivity contribution in [3.8, 4) is 0 Å². The number of fused-ring (bicyclic) bond motifs is 1. The summed E-state index contributed by atoms with van der Waals surface area (Å²) in [5.41, 5.74) is 7.08. The van der Waals surface area contributed by atoms with E-state index in [0.717, 1.165) is 23.9 Å². The zero-order chi connectivity index (χ0) is 18.9. The van der Waals surface area contributed by atoms with E-state index >= 15 is 0 Å². The van der Waals surface area contributed by atoms with Crippen LogP contribution >= 0.6 is 12.4 Å². The van der Waals surface area contributed by atoms with Gasteiger partial charge in [0.15, 0.2) is 0 Å². The van der Waals surface area contributed by atoms with E-state index in [1.54, 1.807) is 6.07 Å². The van der Waals surface area contributed by atoms with Gasteiger partial charge in [0, 0.05) is 11.7 Å². The highest BCUT2D eigenvalue weighted by Crippen LogP contribution is 2.23. The van der Waals surface area contributed by atoms with Gasteiger partial charge in [-0.2, -0.15) is 0 Å². The fourth-order valence-corrected chi connectivity index (χ4v) is 3.16. The van der Waals surface area contributed by atoms with E-state index in [1.165, 1.54) is 25.7 Å². The van der Waals surface area contributed by atoms with E-state index in [9.17, 15) is 4.79 Å². The number of halogens is 1. The largest absolute Gasteiger partial charge is 0.460 e. The highest BCUT2D eigenvalue weighted by atomic mass is 35.5. The summed E-state index contributed by atoms with van der Waals surface area (Å²) in [5.74, 6) is -0.300. The van der Waals surface area contributed by atoms with Crippen LogP contribution in [0.5, 0.6) is 0 Å². The van der Waals surface area contributed by atoms with Gasteiger partial charge in [0.25, 0.3) is 0 Å². The number of carbonyl (C=O) groups excluding carboxylic acids is 1. The summed E-state index contributed by atoms with van der Waals surface area (Å²) in [4.78, 5) is 15.1. The SMILES string of the molecule is CCCCN(CCCC)C(C)COC(=O)c1cc(N)cc2ccccc12.Cl. The summed E-state index contributed by atoms with van der Waals surface area (Å²) in [6.07, 6.45) is 4.68. The van der Waals surface area contributed by atoms with Gasteiger partial charge in [0.2, 0.25) is 0 Å². The average Bonchev–Trinajstić information content (AvgIpc) is 2.65. The molecule has 27 heavy (non-hydrogen) atoms. The van der Waals surface area contributed by atoms with Crippen LogP contribution in [-0.4, -0.2) is 36.6 Å². The highest BCUT2D eigenvalue weighted by molar-refractivity contribution is 6.05. The summed E-state index contributed by atoms with van der Waals surface area (Å²) in [7, 11) is 0. The van der Waals surface area contributed by atoms with Crippen molar-refractivity contribution < 1.29 is 9.53 Å². The van der Waals surface area contributed by atoms with Crippen molar-refractivity contribution in [2.24, 2.45) is 0 Å². The molecule has 0 saturated carbocycles. The molecule has 0 saturated heterocycles. The standard InChI is InChI=1S/C22H32N2O2.ClH/c1-4-6-12-24(13-7-5-2)17(3)16-26-22(25)21-15-19(23)14-18-10-8-9-11-20(18)21;/h8-11,14-15,17H,4-7,12-13,16,23H2,1-3H3;1H. The molecule has 150 valence electrons. The maximum Gasteiger partial charge on any atom is 0.338 e. The number of nitrogens with zero attached hydrogens (tertiary/aromatic N) is 1. The molecule has 0 fully saturated rings. The van der Waals surface area contributed by atoms with Gasteiger partial charge >= 0.3 is 5.97 Å². The molecule has 1 unspecified atom stereocenters. The Hall–Kier alpha value is -1.78. The number of hydrogen-bond donors (Lipinski definition) is 1. The number of nitrogens with two attached hydrogens (primary N) is 1. The first kappa shape index (κ1) is 23.3. The molecule has 0 aromatic heterocycles. The molecule has 0 heterocycles. The quantitative estimate of drug-likeness (QED) is 0.440. The molecule has 4 nitrogen and oxygen atoms in total. The van der Waals surface area contributed by atoms with Gasteiger partial charge in [-0.05, 0) is 55.8 Å². The van der Waals surface area contributed by atoms with Gasteiger partial charge in [0.05, 0.1) is 5.56 Å². The van der Waals surface area contributed by atoms with E-state index < -0.39 is 0 Å². The summed E-state index contributed by atoms with van der Waals surface area (Å²) < 4.78 is 5.66. The number of benzene rings is 2. The zero-order valence-corrected chi connectivity index (χ0v) is 17.6. The van der Waals surface area contributed by atoms with E-state index in [1.807, 2.05) is 30.3 Å². The Morgan fingerprint density at radius 3 is 2.37 bits per heavy atom. The second kappa shape index (κ2) is 11.8. The first-order valence-corrected chi connectivity index (χ1v) is 9.76. The molecule has 2 rings (SSSR count). The van der Waals surface area contributed by atoms with Crippen LogP contribution in [0.15, 0.2) is 36.4 Å². The van der Waals surface area contributed by atoms with Crippen molar-refractivity contribution in [3.63, 3.8) is 0 Å². The predicted molar refractivity (Wildman–Crippen MR) is 117 cm³/mol. The molecule has 2 aromatic carbocycles. The first-order valence-electron chi connectivity index (χ1n) is 9.76. The fourth-order valence-electron chi connectivity index (χ4n) is 3.16. The lowest BCUT2D eigenvalue weighted by atomic mass is 10.0. The summed E-state index contributed by atoms with van der Waals surface area (Å²) in [6.45, 7) is 9.04. The number of nitrogen functional groups attached to an aromatic ring is 1. The molecule has 1 atom stereocenters. The summed E-state index contributed by atoms with van der Waals surface area (Å²) >= 11 is 0. The minimum absolute atomic E-state index is 0. The molecule has 0 spiro atoms. The Labute approximate surface area is 169 Å². The molecule has 2 aromatic rings. The number of hydrogen-bond acceptors (Lipinski definition) is 4. The van der Waals surface area contributed by atoms with Crippen LogP contribution in [0, 0.1) is 0 Å². The minimum Gasteiger partial charge on any atom is -0.460 e. The molecular formula is C22H33ClN2O2. The molecule has 0 aliphatic rings. The third-order valence-corrected chi connectivity index (χ3v) is 4.78. The third-order valence-electron chi connectivity index (χ3n) is 4.78. The van der Waals surface area contributed by atoms with Gasteiger partial charge in [-0.1, -0.05) is 51.0 Å². The lowest BCUT2D eigenvalue weighted by Gasteiger charge is -2.28. The van der Waals surface area contributed by atoms with Gasteiger partial charge in [-0.3, -0.25) is 4.90 Å². The van der Waals surface area contributed by atoms with Crippen LogP contribution in [0.3, 0.4) is 0 Å². The number of ether oxygens (including phenoxy) is 1. The van der Waals surface area contributed by atoms with Crippen molar-refractivity contribution in [2.45, 2.75) is 52.5 Å². The Balaban J connectivity index is 0.00000364. The molecule has 0 aliphatic heterocycles. The Kier molecular flexibility index (Phi) is 10.2. The predicted octanol–water partition coefficient (Wildman–Crippen LogP) is 5.29. The van der Waals surface area contributed by atoms with E-state index in [-0.39, 0.29) is 24.4 Å². The lowest BCUT2D eigenvalue weighted by Crippen LogP contribution is -2.38. The van der Waals surface area contributed by atoms with Crippen molar-refractivity contribution in [1.29, 1.82) is 0 Å². The number of carbonyl (C=O) groups is 1. The third kappa shape index (κ3) is 6.71. The Morgan fingerprint density at radius 2 is 1.74 bits per heavy atom. The number of esters is 1. The molecule has 5 heteroatoms.